The van der Waals surface area contributed by atoms with Gasteiger partial charge in [-0.15, -0.1) is 0 Å². The molecule has 1 aromatic heterocycles. The molecule has 0 aliphatic heterocycles. The van der Waals surface area contributed by atoms with E-state index in [1.165, 1.54) is 4.68 Å². The minimum Gasteiger partial charge on any atom is -0.272 e. The van der Waals surface area contributed by atoms with E-state index in [0.29, 0.717) is 0 Å². The van der Waals surface area contributed by atoms with E-state index in [0.717, 1.165) is 28.7 Å². The minimum absolute atomic E-state index is 0.129. The van der Waals surface area contributed by atoms with Gasteiger partial charge in [-0.25, -0.2) is 4.68 Å². The van der Waals surface area contributed by atoms with E-state index in [9.17, 15) is 4.79 Å². The zero-order valence-electron chi connectivity index (χ0n) is 8.59. The van der Waals surface area contributed by atoms with E-state index in [4.69, 9.17) is 0 Å². The molecule has 0 atom stereocenters. The molecule has 76 valence electrons. The summed E-state index contributed by atoms with van der Waals surface area (Å²) in [4.78, 5) is 12.0. The Bertz CT molecular complexity index is 404. The lowest BCUT2D eigenvalue weighted by atomic mass is 10.1. The summed E-state index contributed by atoms with van der Waals surface area (Å²) in [5, 5.41) is 4.24. The molecule has 14 heavy (non-hydrogen) atoms. The van der Waals surface area contributed by atoms with Crippen molar-refractivity contribution in [2.75, 3.05) is 0 Å². The molecule has 1 aromatic rings. The molecule has 3 nitrogen and oxygen atoms in total. The largest absolute Gasteiger partial charge is 0.272 e. The van der Waals surface area contributed by atoms with Crippen LogP contribution in [0.1, 0.15) is 35.9 Å². The first-order valence-corrected chi connectivity index (χ1v) is 5.51. The summed E-state index contributed by atoms with van der Waals surface area (Å²) in [6.07, 6.45) is 1.98. The summed E-state index contributed by atoms with van der Waals surface area (Å²) in [5.41, 5.74) is 1.63. The summed E-state index contributed by atoms with van der Waals surface area (Å²) in [6.45, 7) is 5.81. The van der Waals surface area contributed by atoms with Crippen molar-refractivity contribution in [3.05, 3.63) is 15.9 Å². The van der Waals surface area contributed by atoms with Crippen molar-refractivity contribution in [1.82, 2.24) is 9.78 Å². The average molecular weight is 257 g/mol. The lowest BCUT2D eigenvalue weighted by Gasteiger charge is -2.07. The molecule has 0 aromatic carbocycles. The number of halogens is 1. The quantitative estimate of drug-likeness (QED) is 0.775. The van der Waals surface area contributed by atoms with Crippen LogP contribution in [0.4, 0.5) is 0 Å². The Labute approximate surface area is 91.6 Å². The molecule has 0 N–H and O–H groups in total. The molecule has 2 rings (SSSR count). The maximum Gasteiger partial charge on any atom is 0.253 e. The van der Waals surface area contributed by atoms with Crippen LogP contribution in [-0.2, 0) is 0 Å². The highest BCUT2D eigenvalue weighted by atomic mass is 79.9. The molecule has 0 radical (unpaired) electrons. The summed E-state index contributed by atoms with van der Waals surface area (Å²) < 4.78 is 2.47. The first kappa shape index (κ1) is 9.90. The van der Waals surface area contributed by atoms with Gasteiger partial charge in [0, 0.05) is 5.41 Å². The standard InChI is InChI=1S/C10H13BrN2O/c1-6-8(11)7(2)13(12-6)9(14)10(3)4-5-10/h4-5H2,1-3H3. The van der Waals surface area contributed by atoms with Crippen LogP contribution in [0.15, 0.2) is 4.47 Å². The van der Waals surface area contributed by atoms with Gasteiger partial charge >= 0.3 is 0 Å². The van der Waals surface area contributed by atoms with Crippen molar-refractivity contribution < 1.29 is 4.79 Å². The summed E-state index contributed by atoms with van der Waals surface area (Å²) in [6, 6.07) is 0. The lowest BCUT2D eigenvalue weighted by molar-refractivity contribution is 0.0805. The Morgan fingerprint density at radius 3 is 2.43 bits per heavy atom. The first-order chi connectivity index (χ1) is 6.46. The Morgan fingerprint density at radius 1 is 1.50 bits per heavy atom. The molecular weight excluding hydrogens is 244 g/mol. The third-order valence-electron chi connectivity index (χ3n) is 2.91. The van der Waals surface area contributed by atoms with E-state index in [1.54, 1.807) is 0 Å². The number of carbonyl (C=O) groups is 1. The Kier molecular flexibility index (Phi) is 2.07. The normalized spacial score (nSPS) is 18.3. The van der Waals surface area contributed by atoms with Crippen LogP contribution in [-0.4, -0.2) is 15.7 Å². The molecule has 1 aliphatic rings. The molecule has 0 unspecified atom stereocenters. The van der Waals surface area contributed by atoms with E-state index >= 15 is 0 Å². The molecule has 0 saturated heterocycles. The van der Waals surface area contributed by atoms with Crippen LogP contribution >= 0.6 is 15.9 Å². The molecular formula is C10H13BrN2O. The Balaban J connectivity index is 2.42. The SMILES string of the molecule is Cc1nn(C(=O)C2(C)CC2)c(C)c1Br. The fraction of sp³-hybridized carbons (Fsp3) is 0.600. The summed E-state index contributed by atoms with van der Waals surface area (Å²) >= 11 is 3.42. The van der Waals surface area contributed by atoms with Crippen molar-refractivity contribution in [1.29, 1.82) is 0 Å². The molecule has 4 heteroatoms. The fourth-order valence-electron chi connectivity index (χ4n) is 1.48. The zero-order valence-corrected chi connectivity index (χ0v) is 10.2. The monoisotopic (exact) mass is 256 g/mol. The molecule has 1 aliphatic carbocycles. The lowest BCUT2D eigenvalue weighted by Crippen LogP contribution is -2.22. The van der Waals surface area contributed by atoms with Gasteiger partial charge in [-0.05, 0) is 42.6 Å². The van der Waals surface area contributed by atoms with Gasteiger partial charge in [0.25, 0.3) is 5.91 Å². The van der Waals surface area contributed by atoms with Crippen LogP contribution < -0.4 is 0 Å². The topological polar surface area (TPSA) is 34.9 Å². The summed E-state index contributed by atoms with van der Waals surface area (Å²) in [5.74, 6) is 0.129. The van der Waals surface area contributed by atoms with E-state index in [2.05, 4.69) is 21.0 Å². The number of carbonyl (C=O) groups excluding carboxylic acids is 1. The van der Waals surface area contributed by atoms with Crippen molar-refractivity contribution in [2.45, 2.75) is 33.6 Å². The molecule has 1 fully saturated rings. The minimum atomic E-state index is -0.150. The second-order valence-electron chi connectivity index (χ2n) is 4.26. The van der Waals surface area contributed by atoms with Crippen LogP contribution in [0.5, 0.6) is 0 Å². The smallest absolute Gasteiger partial charge is 0.253 e. The number of aromatic nitrogens is 2. The average Bonchev–Trinajstić information content (AvgIpc) is 2.85. The van der Waals surface area contributed by atoms with Gasteiger partial charge < -0.3 is 0 Å². The maximum absolute atomic E-state index is 12.0. The molecule has 1 saturated carbocycles. The van der Waals surface area contributed by atoms with Gasteiger partial charge in [0.05, 0.1) is 15.9 Å². The Hall–Kier alpha value is -0.640. The Morgan fingerprint density at radius 2 is 2.07 bits per heavy atom. The van der Waals surface area contributed by atoms with E-state index < -0.39 is 0 Å². The molecule has 0 spiro atoms. The van der Waals surface area contributed by atoms with Crippen LogP contribution in [0.2, 0.25) is 0 Å². The zero-order chi connectivity index (χ0) is 10.5. The predicted octanol–water partition coefficient (Wildman–Crippen LogP) is 2.70. The third-order valence-corrected chi connectivity index (χ3v) is 4.06. The van der Waals surface area contributed by atoms with Gasteiger partial charge in [-0.2, -0.15) is 5.10 Å². The van der Waals surface area contributed by atoms with Gasteiger partial charge in [-0.3, -0.25) is 4.79 Å². The highest BCUT2D eigenvalue weighted by Gasteiger charge is 2.46. The van der Waals surface area contributed by atoms with Crippen LogP contribution in [0.25, 0.3) is 0 Å². The third kappa shape index (κ3) is 1.32. The number of rotatable bonds is 1. The van der Waals surface area contributed by atoms with Crippen LogP contribution in [0, 0.1) is 19.3 Å². The van der Waals surface area contributed by atoms with Crippen molar-refractivity contribution >= 4 is 21.8 Å². The van der Waals surface area contributed by atoms with Gasteiger partial charge in [-0.1, -0.05) is 6.92 Å². The van der Waals surface area contributed by atoms with Gasteiger partial charge in [0.1, 0.15) is 0 Å². The number of nitrogens with zero attached hydrogens (tertiary/aromatic N) is 2. The highest BCUT2D eigenvalue weighted by Crippen LogP contribution is 2.46. The van der Waals surface area contributed by atoms with E-state index in [-0.39, 0.29) is 11.3 Å². The summed E-state index contributed by atoms with van der Waals surface area (Å²) in [7, 11) is 0. The highest BCUT2D eigenvalue weighted by molar-refractivity contribution is 9.10. The van der Waals surface area contributed by atoms with Gasteiger partial charge in [0.15, 0.2) is 0 Å². The number of aryl methyl sites for hydroxylation is 1. The van der Waals surface area contributed by atoms with Crippen molar-refractivity contribution in [2.24, 2.45) is 5.41 Å². The van der Waals surface area contributed by atoms with Crippen LogP contribution in [0.3, 0.4) is 0 Å². The number of hydrogen-bond donors (Lipinski definition) is 0. The fourth-order valence-corrected chi connectivity index (χ4v) is 1.73. The first-order valence-electron chi connectivity index (χ1n) is 4.72. The second kappa shape index (κ2) is 2.92. The number of hydrogen-bond acceptors (Lipinski definition) is 2. The molecule has 0 amide bonds. The second-order valence-corrected chi connectivity index (χ2v) is 5.06. The maximum atomic E-state index is 12.0. The van der Waals surface area contributed by atoms with E-state index in [1.807, 2.05) is 20.8 Å². The van der Waals surface area contributed by atoms with Crippen molar-refractivity contribution in [3.63, 3.8) is 0 Å². The molecule has 1 heterocycles. The molecule has 0 bridgehead atoms. The van der Waals surface area contributed by atoms with Gasteiger partial charge in [0.2, 0.25) is 0 Å². The predicted molar refractivity (Wildman–Crippen MR) is 57.4 cm³/mol. The van der Waals surface area contributed by atoms with Crippen molar-refractivity contribution in [3.8, 4) is 0 Å².